The zero-order valence-electron chi connectivity index (χ0n) is 24.1. The maximum atomic E-state index is 13.9. The largest absolute Gasteiger partial charge is 0.491 e. The number of esters is 1. The number of halogens is 3. The summed E-state index contributed by atoms with van der Waals surface area (Å²) in [5.41, 5.74) is 5.27. The van der Waals surface area contributed by atoms with Gasteiger partial charge in [0.25, 0.3) is 5.56 Å². The standard InChI is InChI=1S/C30H29F3N6O4S2/c1-37-25-23(38(15-18-6-3-2-4-7-18)28(36-25)43-27(41)30(31,32)33)26(40)39(29(37)42)16-22-35-20-8-5-9-21(24(20)45-22)44-19-12-10-17(14-34)11-13-19/h2-9,17,19H,10-16,34H2,1H3. The van der Waals surface area contributed by atoms with Crippen LogP contribution >= 0.6 is 23.1 Å². The molecule has 3 heterocycles. The fourth-order valence-corrected chi connectivity index (χ4v) is 8.02. The number of benzene rings is 2. The first kappa shape index (κ1) is 31.0. The van der Waals surface area contributed by atoms with Gasteiger partial charge in [0, 0.05) is 17.2 Å². The van der Waals surface area contributed by atoms with Crippen LogP contribution < -0.4 is 21.7 Å². The Hall–Kier alpha value is -3.95. The maximum absolute atomic E-state index is 13.9. The van der Waals surface area contributed by atoms with E-state index in [1.165, 1.54) is 18.4 Å². The molecule has 1 aliphatic carbocycles. The first-order valence-corrected chi connectivity index (χ1v) is 16.0. The Balaban J connectivity index is 1.39. The van der Waals surface area contributed by atoms with Crippen LogP contribution in [0.4, 0.5) is 13.2 Å². The van der Waals surface area contributed by atoms with Gasteiger partial charge in [0.2, 0.25) is 0 Å². The van der Waals surface area contributed by atoms with E-state index in [1.54, 1.807) is 30.3 Å². The second kappa shape index (κ2) is 12.4. The number of thioether (sulfide) groups is 1. The molecule has 10 nitrogen and oxygen atoms in total. The van der Waals surface area contributed by atoms with Crippen LogP contribution in [0.25, 0.3) is 21.4 Å². The Morgan fingerprint density at radius 1 is 1.02 bits per heavy atom. The highest BCUT2D eigenvalue weighted by atomic mass is 32.2. The zero-order valence-corrected chi connectivity index (χ0v) is 25.8. The first-order valence-electron chi connectivity index (χ1n) is 14.3. The van der Waals surface area contributed by atoms with E-state index >= 15 is 0 Å². The van der Waals surface area contributed by atoms with Crippen LogP contribution in [0.2, 0.25) is 0 Å². The van der Waals surface area contributed by atoms with E-state index in [2.05, 4.69) is 9.72 Å². The summed E-state index contributed by atoms with van der Waals surface area (Å²) in [6.07, 6.45) is -0.931. The molecule has 0 unspecified atom stereocenters. The number of hydrogen-bond acceptors (Lipinski definition) is 9. The molecule has 236 valence electrons. The Kier molecular flexibility index (Phi) is 8.59. The molecule has 6 rings (SSSR count). The number of rotatable bonds is 8. The van der Waals surface area contributed by atoms with Crippen molar-refractivity contribution >= 4 is 50.4 Å². The lowest BCUT2D eigenvalue weighted by atomic mass is 9.89. The third-order valence-electron chi connectivity index (χ3n) is 7.93. The van der Waals surface area contributed by atoms with Crippen molar-refractivity contribution in [3.8, 4) is 6.01 Å². The molecular weight excluding hydrogens is 629 g/mol. The van der Waals surface area contributed by atoms with Crippen LogP contribution in [-0.2, 0) is 24.9 Å². The van der Waals surface area contributed by atoms with Crippen molar-refractivity contribution in [2.24, 2.45) is 18.7 Å². The minimum atomic E-state index is -5.30. The Labute approximate surface area is 262 Å². The predicted octanol–water partition coefficient (Wildman–Crippen LogP) is 4.68. The minimum absolute atomic E-state index is 0.139. The van der Waals surface area contributed by atoms with Gasteiger partial charge in [0.15, 0.2) is 11.2 Å². The Morgan fingerprint density at radius 2 is 1.76 bits per heavy atom. The normalized spacial score (nSPS) is 17.3. The van der Waals surface area contributed by atoms with Crippen LogP contribution in [0.15, 0.2) is 63.0 Å². The topological polar surface area (TPSA) is 127 Å². The molecule has 0 atom stereocenters. The number of carbonyl (C=O) groups excluding carboxylic acids is 1. The van der Waals surface area contributed by atoms with E-state index in [0.29, 0.717) is 28.3 Å². The van der Waals surface area contributed by atoms with Crippen LogP contribution in [0.1, 0.15) is 36.3 Å². The summed E-state index contributed by atoms with van der Waals surface area (Å²) in [5, 5.41) is 0.980. The van der Waals surface area contributed by atoms with Crippen molar-refractivity contribution < 1.29 is 22.7 Å². The summed E-state index contributed by atoms with van der Waals surface area (Å²) in [4.78, 5) is 48.9. The first-order chi connectivity index (χ1) is 21.5. The number of nitrogens with two attached hydrogens (primary N) is 1. The maximum Gasteiger partial charge on any atom is 0.491 e. The van der Waals surface area contributed by atoms with Gasteiger partial charge in [0.1, 0.15) is 5.01 Å². The quantitative estimate of drug-likeness (QED) is 0.238. The highest BCUT2D eigenvalue weighted by molar-refractivity contribution is 8.00. The molecule has 5 aromatic rings. The van der Waals surface area contributed by atoms with Gasteiger partial charge in [-0.1, -0.05) is 36.4 Å². The van der Waals surface area contributed by atoms with E-state index in [4.69, 9.17) is 10.7 Å². The monoisotopic (exact) mass is 658 g/mol. The summed E-state index contributed by atoms with van der Waals surface area (Å²) in [7, 11) is 1.35. The number of aromatic nitrogens is 5. The third-order valence-corrected chi connectivity index (χ3v) is 10.6. The SMILES string of the molecule is Cn1c(=O)n(Cc2nc3cccc(SC4CCC(CN)CC4)c3s2)c(=O)c2c1nc(OC(=O)C(F)(F)F)n2Cc1ccccc1. The fraction of sp³-hybridized carbons (Fsp3) is 0.367. The number of nitrogens with zero attached hydrogens (tertiary/aromatic N) is 5. The molecule has 0 saturated heterocycles. The van der Waals surface area contributed by atoms with Gasteiger partial charge < -0.3 is 10.5 Å². The number of fused-ring (bicyclic) bond motifs is 2. The van der Waals surface area contributed by atoms with Crippen LogP contribution in [-0.4, -0.2) is 47.6 Å². The van der Waals surface area contributed by atoms with Crippen molar-refractivity contribution in [1.29, 1.82) is 0 Å². The number of thiazole rings is 1. The Bertz CT molecular complexity index is 1990. The second-order valence-electron chi connectivity index (χ2n) is 11.0. The van der Waals surface area contributed by atoms with Crippen LogP contribution in [0, 0.1) is 5.92 Å². The fourth-order valence-electron chi connectivity index (χ4n) is 5.55. The number of imidazole rings is 1. The van der Waals surface area contributed by atoms with E-state index < -0.39 is 29.4 Å². The van der Waals surface area contributed by atoms with E-state index in [1.807, 2.05) is 30.0 Å². The average molecular weight is 659 g/mol. The molecule has 0 aliphatic heterocycles. The summed E-state index contributed by atoms with van der Waals surface area (Å²) in [6.45, 7) is 0.406. The molecule has 2 N–H and O–H groups in total. The summed E-state index contributed by atoms with van der Waals surface area (Å²) in [6, 6.07) is 13.7. The van der Waals surface area contributed by atoms with Crippen LogP contribution in [0.3, 0.4) is 0 Å². The molecule has 1 aliphatic rings. The highest BCUT2D eigenvalue weighted by Crippen LogP contribution is 2.40. The van der Waals surface area contributed by atoms with Crippen LogP contribution in [0.5, 0.6) is 6.01 Å². The number of carbonyl (C=O) groups is 1. The molecule has 45 heavy (non-hydrogen) atoms. The molecular formula is C30H29F3N6O4S2. The Morgan fingerprint density at radius 3 is 2.44 bits per heavy atom. The van der Waals surface area contributed by atoms with Crippen molar-refractivity contribution in [2.45, 2.75) is 55.1 Å². The summed E-state index contributed by atoms with van der Waals surface area (Å²) < 4.78 is 48.0. The predicted molar refractivity (Wildman–Crippen MR) is 166 cm³/mol. The van der Waals surface area contributed by atoms with Gasteiger partial charge in [-0.3, -0.25) is 18.5 Å². The highest BCUT2D eigenvalue weighted by Gasteiger charge is 2.42. The summed E-state index contributed by atoms with van der Waals surface area (Å²) in [5.74, 6) is -1.92. The van der Waals surface area contributed by atoms with Gasteiger partial charge >= 0.3 is 23.8 Å². The molecule has 1 fully saturated rings. The average Bonchev–Trinajstić information content (AvgIpc) is 3.60. The molecule has 0 radical (unpaired) electrons. The van der Waals surface area contributed by atoms with Gasteiger partial charge in [-0.05, 0) is 55.8 Å². The van der Waals surface area contributed by atoms with Gasteiger partial charge in [-0.2, -0.15) is 18.2 Å². The van der Waals surface area contributed by atoms with Crippen molar-refractivity contribution in [2.75, 3.05) is 6.54 Å². The minimum Gasteiger partial charge on any atom is -0.385 e. The molecule has 3 aromatic heterocycles. The molecule has 0 bridgehead atoms. The van der Waals surface area contributed by atoms with E-state index in [-0.39, 0.29) is 24.3 Å². The van der Waals surface area contributed by atoms with Gasteiger partial charge in [-0.15, -0.1) is 23.1 Å². The second-order valence-corrected chi connectivity index (χ2v) is 13.4. The lowest BCUT2D eigenvalue weighted by Gasteiger charge is -2.27. The van der Waals surface area contributed by atoms with Crippen molar-refractivity contribution in [3.05, 3.63) is 79.9 Å². The number of aryl methyl sites for hydroxylation is 1. The van der Waals surface area contributed by atoms with E-state index in [0.717, 1.165) is 54.5 Å². The molecule has 1 saturated carbocycles. The molecule has 2 aromatic carbocycles. The zero-order chi connectivity index (χ0) is 31.9. The van der Waals surface area contributed by atoms with Crippen molar-refractivity contribution in [3.63, 3.8) is 0 Å². The lowest BCUT2D eigenvalue weighted by Crippen LogP contribution is -2.40. The molecule has 15 heteroatoms. The number of ether oxygens (including phenoxy) is 1. The molecule has 0 spiro atoms. The number of alkyl halides is 3. The van der Waals surface area contributed by atoms with E-state index in [9.17, 15) is 27.6 Å². The van der Waals surface area contributed by atoms with Gasteiger partial charge in [0.05, 0.1) is 23.3 Å². The smallest absolute Gasteiger partial charge is 0.385 e. The molecule has 0 amide bonds. The van der Waals surface area contributed by atoms with Gasteiger partial charge in [-0.25, -0.2) is 14.6 Å². The lowest BCUT2D eigenvalue weighted by molar-refractivity contribution is -0.190. The van der Waals surface area contributed by atoms with Crippen molar-refractivity contribution in [1.82, 2.24) is 23.7 Å². The number of hydrogen-bond donors (Lipinski definition) is 1. The third kappa shape index (κ3) is 6.29. The summed E-state index contributed by atoms with van der Waals surface area (Å²) >= 11 is 3.20.